The molecule has 1 aromatic carbocycles. The van der Waals surface area contributed by atoms with Crippen LogP contribution in [0.1, 0.15) is 54.3 Å². The summed E-state index contributed by atoms with van der Waals surface area (Å²) in [7, 11) is 0. The highest BCUT2D eigenvalue weighted by atomic mass is 32.1. The van der Waals surface area contributed by atoms with E-state index in [1.165, 1.54) is 21.6 Å². The fourth-order valence-corrected chi connectivity index (χ4v) is 3.52. The van der Waals surface area contributed by atoms with E-state index in [9.17, 15) is 0 Å². The normalized spacial score (nSPS) is 12.8. The van der Waals surface area contributed by atoms with Gasteiger partial charge in [-0.1, -0.05) is 45.0 Å². The van der Waals surface area contributed by atoms with Crippen molar-refractivity contribution in [1.29, 1.82) is 0 Å². The zero-order valence-electron chi connectivity index (χ0n) is 12.9. The van der Waals surface area contributed by atoms with Crippen LogP contribution >= 0.6 is 11.3 Å². The van der Waals surface area contributed by atoms with Crippen molar-refractivity contribution in [3.8, 4) is 0 Å². The number of hydrogen-bond acceptors (Lipinski definition) is 2. The second kappa shape index (κ2) is 7.05. The molecule has 0 aliphatic heterocycles. The third-order valence-corrected chi connectivity index (χ3v) is 4.89. The van der Waals surface area contributed by atoms with Crippen LogP contribution in [0.3, 0.4) is 0 Å². The maximum atomic E-state index is 3.62. The molecule has 2 rings (SSSR count). The number of benzene rings is 1. The molecule has 1 heterocycles. The van der Waals surface area contributed by atoms with E-state index in [1.807, 2.05) is 11.3 Å². The number of hydrogen-bond donors (Lipinski definition) is 1. The van der Waals surface area contributed by atoms with E-state index in [4.69, 9.17) is 0 Å². The summed E-state index contributed by atoms with van der Waals surface area (Å²) < 4.78 is 0. The molecule has 20 heavy (non-hydrogen) atoms. The molecule has 1 nitrogen and oxygen atoms in total. The average molecular weight is 287 g/mol. The molecule has 0 bridgehead atoms. The van der Waals surface area contributed by atoms with Gasteiger partial charge in [-0.3, -0.25) is 0 Å². The molecule has 0 fully saturated rings. The van der Waals surface area contributed by atoms with Gasteiger partial charge in [0.2, 0.25) is 0 Å². The highest BCUT2D eigenvalue weighted by Crippen LogP contribution is 2.27. The Morgan fingerprint density at radius 2 is 1.80 bits per heavy atom. The van der Waals surface area contributed by atoms with Gasteiger partial charge in [0.1, 0.15) is 0 Å². The third kappa shape index (κ3) is 3.71. The Balaban J connectivity index is 2.14. The van der Waals surface area contributed by atoms with E-state index in [-0.39, 0.29) is 0 Å². The SMILES string of the molecule is CCNC(Cc1ccc(C(C)C)cc1)c1sccc1C. The largest absolute Gasteiger partial charge is 0.309 e. The molecule has 1 aromatic heterocycles. The maximum absolute atomic E-state index is 3.62. The third-order valence-electron chi connectivity index (χ3n) is 3.75. The Kier molecular flexibility index (Phi) is 5.38. The summed E-state index contributed by atoms with van der Waals surface area (Å²) in [5.74, 6) is 0.605. The van der Waals surface area contributed by atoms with Crippen molar-refractivity contribution in [3.05, 3.63) is 57.3 Å². The molecule has 0 aliphatic rings. The Morgan fingerprint density at radius 1 is 1.10 bits per heavy atom. The summed E-state index contributed by atoms with van der Waals surface area (Å²) >= 11 is 1.86. The average Bonchev–Trinajstić information content (AvgIpc) is 2.85. The van der Waals surface area contributed by atoms with Crippen LogP contribution in [0, 0.1) is 6.92 Å². The van der Waals surface area contributed by atoms with Crippen LogP contribution < -0.4 is 5.32 Å². The zero-order valence-corrected chi connectivity index (χ0v) is 13.8. The highest BCUT2D eigenvalue weighted by Gasteiger charge is 2.14. The van der Waals surface area contributed by atoms with Crippen LogP contribution in [0.25, 0.3) is 0 Å². The van der Waals surface area contributed by atoms with Crippen molar-refractivity contribution >= 4 is 11.3 Å². The van der Waals surface area contributed by atoms with Gasteiger partial charge in [-0.05, 0) is 53.9 Å². The first-order chi connectivity index (χ1) is 9.61. The van der Waals surface area contributed by atoms with Gasteiger partial charge < -0.3 is 5.32 Å². The lowest BCUT2D eigenvalue weighted by Gasteiger charge is -2.18. The highest BCUT2D eigenvalue weighted by molar-refractivity contribution is 7.10. The molecular formula is C18H25NS. The van der Waals surface area contributed by atoms with E-state index in [2.05, 4.69) is 68.7 Å². The lowest BCUT2D eigenvalue weighted by molar-refractivity contribution is 0.556. The molecule has 1 N–H and O–H groups in total. The molecule has 2 aromatic rings. The lowest BCUT2D eigenvalue weighted by Crippen LogP contribution is -2.22. The monoisotopic (exact) mass is 287 g/mol. The first-order valence-corrected chi connectivity index (χ1v) is 8.36. The minimum Gasteiger partial charge on any atom is -0.309 e. The summed E-state index contributed by atoms with van der Waals surface area (Å²) in [5.41, 5.74) is 4.23. The number of aryl methyl sites for hydroxylation is 1. The summed E-state index contributed by atoms with van der Waals surface area (Å²) in [6, 6.07) is 11.7. The molecule has 0 radical (unpaired) electrons. The van der Waals surface area contributed by atoms with Gasteiger partial charge in [0.25, 0.3) is 0 Å². The Morgan fingerprint density at radius 3 is 2.30 bits per heavy atom. The number of nitrogens with one attached hydrogen (secondary N) is 1. The van der Waals surface area contributed by atoms with Gasteiger partial charge >= 0.3 is 0 Å². The van der Waals surface area contributed by atoms with Crippen molar-refractivity contribution in [3.63, 3.8) is 0 Å². The van der Waals surface area contributed by atoms with E-state index >= 15 is 0 Å². The van der Waals surface area contributed by atoms with Crippen LogP contribution in [0.5, 0.6) is 0 Å². The van der Waals surface area contributed by atoms with Crippen molar-refractivity contribution in [1.82, 2.24) is 5.32 Å². The van der Waals surface area contributed by atoms with Crippen molar-refractivity contribution in [2.24, 2.45) is 0 Å². The molecule has 1 atom stereocenters. The van der Waals surface area contributed by atoms with Crippen LogP contribution in [0.15, 0.2) is 35.7 Å². The quantitative estimate of drug-likeness (QED) is 0.782. The first kappa shape index (κ1) is 15.3. The minimum atomic E-state index is 0.435. The molecule has 0 spiro atoms. The lowest BCUT2D eigenvalue weighted by atomic mass is 9.98. The van der Waals surface area contributed by atoms with Gasteiger partial charge in [-0.15, -0.1) is 11.3 Å². The van der Waals surface area contributed by atoms with Gasteiger partial charge in [0, 0.05) is 10.9 Å². The molecule has 0 saturated heterocycles. The standard InChI is InChI=1S/C18H25NS/c1-5-19-17(18-14(4)10-11-20-18)12-15-6-8-16(9-7-15)13(2)3/h6-11,13,17,19H,5,12H2,1-4H3. The Labute approximate surface area is 127 Å². The van der Waals surface area contributed by atoms with Gasteiger partial charge in [-0.2, -0.15) is 0 Å². The molecule has 108 valence electrons. The first-order valence-electron chi connectivity index (χ1n) is 7.48. The van der Waals surface area contributed by atoms with Crippen molar-refractivity contribution < 1.29 is 0 Å². The number of rotatable bonds is 6. The summed E-state index contributed by atoms with van der Waals surface area (Å²) in [5, 5.41) is 5.81. The second-order valence-electron chi connectivity index (χ2n) is 5.68. The van der Waals surface area contributed by atoms with E-state index in [1.54, 1.807) is 0 Å². The molecule has 0 saturated carbocycles. The number of thiophene rings is 1. The molecule has 0 amide bonds. The number of likely N-dealkylation sites (N-methyl/N-ethyl adjacent to an activating group) is 1. The Hall–Kier alpha value is -1.12. The van der Waals surface area contributed by atoms with Crippen molar-refractivity contribution in [2.75, 3.05) is 6.54 Å². The molecule has 2 heteroatoms. The topological polar surface area (TPSA) is 12.0 Å². The van der Waals surface area contributed by atoms with Crippen LogP contribution in [0.2, 0.25) is 0 Å². The van der Waals surface area contributed by atoms with Gasteiger partial charge in [0.15, 0.2) is 0 Å². The predicted octanol–water partition coefficient (Wildman–Crippen LogP) is 5.07. The summed E-state index contributed by atoms with van der Waals surface area (Å²) in [4.78, 5) is 1.47. The van der Waals surface area contributed by atoms with Crippen LogP contribution in [0.4, 0.5) is 0 Å². The molecule has 0 aliphatic carbocycles. The molecule has 1 unspecified atom stereocenters. The van der Waals surface area contributed by atoms with Gasteiger partial charge in [-0.25, -0.2) is 0 Å². The zero-order chi connectivity index (χ0) is 14.5. The maximum Gasteiger partial charge on any atom is 0.0458 e. The smallest absolute Gasteiger partial charge is 0.0458 e. The summed E-state index contributed by atoms with van der Waals surface area (Å²) in [6.07, 6.45) is 1.06. The Bertz CT molecular complexity index is 525. The van der Waals surface area contributed by atoms with E-state index < -0.39 is 0 Å². The second-order valence-corrected chi connectivity index (χ2v) is 6.63. The fourth-order valence-electron chi connectivity index (χ4n) is 2.52. The fraction of sp³-hybridized carbons (Fsp3) is 0.444. The molecular weight excluding hydrogens is 262 g/mol. The van der Waals surface area contributed by atoms with E-state index in [0.717, 1.165) is 13.0 Å². The van der Waals surface area contributed by atoms with Crippen LogP contribution in [-0.2, 0) is 6.42 Å². The van der Waals surface area contributed by atoms with E-state index in [0.29, 0.717) is 12.0 Å². The van der Waals surface area contributed by atoms with Crippen molar-refractivity contribution in [2.45, 2.75) is 46.1 Å². The van der Waals surface area contributed by atoms with Gasteiger partial charge in [0.05, 0.1) is 0 Å². The minimum absolute atomic E-state index is 0.435. The predicted molar refractivity (Wildman–Crippen MR) is 89.7 cm³/mol. The van der Waals surface area contributed by atoms with Crippen LogP contribution in [-0.4, -0.2) is 6.54 Å². The summed E-state index contributed by atoms with van der Waals surface area (Å²) in [6.45, 7) is 9.87.